The van der Waals surface area contributed by atoms with E-state index < -0.39 is 0 Å². The Bertz CT molecular complexity index is 1530. The molecule has 0 fully saturated rings. The lowest BCUT2D eigenvalue weighted by Crippen LogP contribution is -2.18. The quantitative estimate of drug-likeness (QED) is 0.191. The number of nitrogens with zero attached hydrogens (tertiary/aromatic N) is 4. The highest BCUT2D eigenvalue weighted by molar-refractivity contribution is 6.55. The third-order valence-electron chi connectivity index (χ3n) is 9.08. The number of aliphatic imine (C=N–C) groups is 4. The molecule has 46 heavy (non-hydrogen) atoms. The predicted molar refractivity (Wildman–Crippen MR) is 187 cm³/mol. The molecule has 4 aliphatic rings. The molecule has 0 aromatic rings. The molecule has 4 aliphatic heterocycles. The predicted octanol–water partition coefficient (Wildman–Crippen LogP) is 8.82. The molecule has 246 valence electrons. The Labute approximate surface area is 274 Å². The fourth-order valence-corrected chi connectivity index (χ4v) is 7.09. The van der Waals surface area contributed by atoms with E-state index in [1.807, 2.05) is 13.8 Å². The molecule has 0 N–H and O–H groups in total. The zero-order valence-corrected chi connectivity index (χ0v) is 29.5. The van der Waals surface area contributed by atoms with Crippen molar-refractivity contribution in [3.8, 4) is 0 Å². The second kappa shape index (κ2) is 15.1. The minimum absolute atomic E-state index is 0.300. The third-order valence-corrected chi connectivity index (χ3v) is 9.08. The molecule has 0 saturated heterocycles. The first-order valence-electron chi connectivity index (χ1n) is 17.3. The molecule has 0 bridgehead atoms. The Morgan fingerprint density at radius 2 is 0.652 bits per heavy atom. The summed E-state index contributed by atoms with van der Waals surface area (Å²) in [5.41, 5.74) is 14.4. The van der Waals surface area contributed by atoms with Crippen LogP contribution in [-0.4, -0.2) is 48.0 Å². The largest absolute Gasteiger partial charge is 0.461 e. The van der Waals surface area contributed by atoms with Crippen LogP contribution in [0.15, 0.2) is 87.3 Å². The van der Waals surface area contributed by atoms with Gasteiger partial charge in [-0.2, -0.15) is 0 Å². The van der Waals surface area contributed by atoms with Gasteiger partial charge in [-0.15, -0.1) is 0 Å². The Morgan fingerprint density at radius 3 is 0.913 bits per heavy atom. The molecule has 0 aromatic carbocycles. The van der Waals surface area contributed by atoms with Gasteiger partial charge in [0.05, 0.1) is 47.4 Å². The molecule has 0 amide bonds. The number of allylic oxidation sites excluding steroid dienone is 6. The van der Waals surface area contributed by atoms with Gasteiger partial charge in [0, 0.05) is 0 Å². The fraction of sp³-hybridized carbons (Fsp3) is 0.526. The molecule has 0 aromatic heterocycles. The van der Waals surface area contributed by atoms with E-state index in [-0.39, 0.29) is 11.9 Å². The van der Waals surface area contributed by atoms with Gasteiger partial charge >= 0.3 is 11.9 Å². The average molecular weight is 627 g/mol. The van der Waals surface area contributed by atoms with Crippen LogP contribution in [0, 0.1) is 0 Å². The zero-order valence-electron chi connectivity index (χ0n) is 29.5. The van der Waals surface area contributed by atoms with Gasteiger partial charge in [0.25, 0.3) is 0 Å². The van der Waals surface area contributed by atoms with Crippen LogP contribution in [0.2, 0.25) is 0 Å². The number of rotatable bonds is 13. The number of esters is 2. The number of ether oxygens (including phenoxy) is 2. The van der Waals surface area contributed by atoms with E-state index in [1.54, 1.807) is 0 Å². The normalized spacial score (nSPS) is 21.5. The number of hydrogen-bond donors (Lipinski definition) is 0. The smallest absolute Gasteiger partial charge is 0.357 e. The maximum absolute atomic E-state index is 13.0. The molecular formula is C38H50N4O4. The monoisotopic (exact) mass is 626 g/mol. The lowest BCUT2D eigenvalue weighted by Gasteiger charge is -2.10. The average Bonchev–Trinajstić information content (AvgIpc) is 3.82. The van der Waals surface area contributed by atoms with Crippen molar-refractivity contribution in [2.75, 3.05) is 13.2 Å². The summed E-state index contributed by atoms with van der Waals surface area (Å²) >= 11 is 0. The fourth-order valence-electron chi connectivity index (χ4n) is 7.09. The van der Waals surface area contributed by atoms with Gasteiger partial charge in [0.15, 0.2) is 11.4 Å². The van der Waals surface area contributed by atoms with Gasteiger partial charge in [-0.05, 0) is 110 Å². The van der Waals surface area contributed by atoms with E-state index in [4.69, 9.17) is 29.4 Å². The van der Waals surface area contributed by atoms with Gasteiger partial charge in [0.1, 0.15) is 0 Å². The van der Waals surface area contributed by atoms with E-state index in [0.29, 0.717) is 37.5 Å². The molecule has 0 radical (unpaired) electrons. The van der Waals surface area contributed by atoms with Crippen LogP contribution >= 0.6 is 0 Å². The van der Waals surface area contributed by atoms with Crippen LogP contribution < -0.4 is 0 Å². The van der Waals surface area contributed by atoms with Gasteiger partial charge < -0.3 is 9.47 Å². The standard InChI is InChI=1S/C38H50N4O4/c1-11-21-23(13-3)31(33-25(15-5)27(17-7)35(41-33)37(43)45-19-9)39-29(21)30-22(12-2)24(14-4)32(40-30)34-26(16-6)28(18-8)36(42-34)38(44)46-20-10/h11-20H2,1-10H3/b33-31-,34-32-. The molecular weight excluding hydrogens is 576 g/mol. The van der Waals surface area contributed by atoms with Gasteiger partial charge in [-0.1, -0.05) is 55.4 Å². The van der Waals surface area contributed by atoms with E-state index in [1.165, 1.54) is 0 Å². The Morgan fingerprint density at radius 1 is 0.391 bits per heavy atom. The van der Waals surface area contributed by atoms with Crippen molar-refractivity contribution in [3.05, 3.63) is 67.4 Å². The molecule has 4 heterocycles. The van der Waals surface area contributed by atoms with Gasteiger partial charge in [-0.25, -0.2) is 29.6 Å². The van der Waals surface area contributed by atoms with Crippen molar-refractivity contribution in [3.63, 3.8) is 0 Å². The second-order valence-electron chi connectivity index (χ2n) is 11.3. The molecule has 0 aliphatic carbocycles. The summed E-state index contributed by atoms with van der Waals surface area (Å²) in [4.78, 5) is 46.5. The van der Waals surface area contributed by atoms with Crippen molar-refractivity contribution in [1.29, 1.82) is 0 Å². The van der Waals surface area contributed by atoms with Crippen molar-refractivity contribution in [1.82, 2.24) is 0 Å². The summed E-state index contributed by atoms with van der Waals surface area (Å²) in [6.07, 6.45) is 5.98. The molecule has 0 unspecified atom stereocenters. The summed E-state index contributed by atoms with van der Waals surface area (Å²) < 4.78 is 10.8. The zero-order chi connectivity index (χ0) is 33.7. The topological polar surface area (TPSA) is 102 Å². The highest BCUT2D eigenvalue weighted by atomic mass is 16.5. The van der Waals surface area contributed by atoms with E-state index in [0.717, 1.165) is 117 Å². The van der Waals surface area contributed by atoms with Crippen molar-refractivity contribution in [2.45, 2.75) is 121 Å². The molecule has 4 rings (SSSR count). The summed E-state index contributed by atoms with van der Waals surface area (Å²) in [6, 6.07) is 0. The number of carbonyl (C=O) groups is 2. The highest BCUT2D eigenvalue weighted by Crippen LogP contribution is 2.44. The highest BCUT2D eigenvalue weighted by Gasteiger charge is 2.38. The van der Waals surface area contributed by atoms with Crippen LogP contribution in [0.25, 0.3) is 0 Å². The third kappa shape index (κ3) is 5.87. The molecule has 0 atom stereocenters. The first-order chi connectivity index (χ1) is 22.2. The first kappa shape index (κ1) is 34.9. The number of carbonyl (C=O) groups excluding carboxylic acids is 2. The lowest BCUT2D eigenvalue weighted by molar-refractivity contribution is -0.135. The van der Waals surface area contributed by atoms with Crippen LogP contribution in [0.4, 0.5) is 0 Å². The van der Waals surface area contributed by atoms with Gasteiger partial charge in [-0.3, -0.25) is 0 Å². The second-order valence-corrected chi connectivity index (χ2v) is 11.3. The van der Waals surface area contributed by atoms with E-state index in [9.17, 15) is 9.59 Å². The van der Waals surface area contributed by atoms with Gasteiger partial charge in [0.2, 0.25) is 0 Å². The van der Waals surface area contributed by atoms with E-state index in [2.05, 4.69) is 55.4 Å². The van der Waals surface area contributed by atoms with Crippen LogP contribution in [0.5, 0.6) is 0 Å². The van der Waals surface area contributed by atoms with Crippen molar-refractivity contribution in [2.24, 2.45) is 20.0 Å². The molecule has 8 heteroatoms. The minimum Gasteiger partial charge on any atom is -0.461 e. The molecule has 0 spiro atoms. The van der Waals surface area contributed by atoms with Crippen molar-refractivity contribution >= 4 is 34.8 Å². The Kier molecular flexibility index (Phi) is 11.5. The first-order valence-corrected chi connectivity index (χ1v) is 17.3. The maximum atomic E-state index is 13.0. The summed E-state index contributed by atoms with van der Waals surface area (Å²) in [7, 11) is 0. The Hall–Kier alpha value is -3.94. The molecule has 8 nitrogen and oxygen atoms in total. The summed E-state index contributed by atoms with van der Waals surface area (Å²) in [5.74, 6) is -0.766. The maximum Gasteiger partial charge on any atom is 0.357 e. The minimum atomic E-state index is -0.383. The lowest BCUT2D eigenvalue weighted by atomic mass is 9.91. The van der Waals surface area contributed by atoms with E-state index >= 15 is 0 Å². The number of hydrogen-bond acceptors (Lipinski definition) is 8. The van der Waals surface area contributed by atoms with Crippen LogP contribution in [-0.2, 0) is 19.1 Å². The summed E-state index contributed by atoms with van der Waals surface area (Å²) in [5, 5.41) is 0. The van der Waals surface area contributed by atoms with Crippen molar-refractivity contribution < 1.29 is 19.1 Å². The SMILES string of the molecule is CCOC(=O)C1=N/C(=C2\N=C(C3=N/C(=C4\N=C(C(=O)OCC)C(CC)=C4CC)C(CC)=C3CC)C(CC)=C2CC)C(CC)=C1CC. The van der Waals surface area contributed by atoms with Crippen LogP contribution in [0.1, 0.15) is 121 Å². The summed E-state index contributed by atoms with van der Waals surface area (Å²) in [6.45, 7) is 21.2. The van der Waals surface area contributed by atoms with Crippen LogP contribution in [0.3, 0.4) is 0 Å². The Balaban J connectivity index is 2.01. The molecule has 0 saturated carbocycles.